The maximum atomic E-state index is 13.1. The molecule has 0 radical (unpaired) electrons. The van der Waals surface area contributed by atoms with E-state index in [0.29, 0.717) is 18.1 Å². The van der Waals surface area contributed by atoms with Gasteiger partial charge in [-0.3, -0.25) is 4.79 Å². The molecule has 0 saturated carbocycles. The maximum Gasteiger partial charge on any atom is 0.248 e. The molecule has 0 saturated heterocycles. The van der Waals surface area contributed by atoms with Gasteiger partial charge in [-0.1, -0.05) is 13.0 Å². The molecule has 1 amide bonds. The number of carbonyl (C=O) groups is 1. The van der Waals surface area contributed by atoms with Crippen molar-refractivity contribution in [3.63, 3.8) is 0 Å². The number of benzene rings is 2. The lowest BCUT2D eigenvalue weighted by Crippen LogP contribution is -2.08. The second kappa shape index (κ2) is 8.82. The summed E-state index contributed by atoms with van der Waals surface area (Å²) >= 11 is 0. The van der Waals surface area contributed by atoms with Crippen molar-refractivity contribution in [2.75, 3.05) is 19.0 Å². The highest BCUT2D eigenvalue weighted by atomic mass is 19.2. The van der Waals surface area contributed by atoms with E-state index >= 15 is 0 Å². The first kappa shape index (κ1) is 18.4. The quantitative estimate of drug-likeness (QED) is 0.755. The maximum absolute atomic E-state index is 13.1. The molecule has 0 spiro atoms. The summed E-state index contributed by atoms with van der Waals surface area (Å²) in [6, 6.07) is 8.45. The van der Waals surface area contributed by atoms with Gasteiger partial charge in [-0.25, -0.2) is 8.78 Å². The minimum Gasteiger partial charge on any atom is -0.493 e. The summed E-state index contributed by atoms with van der Waals surface area (Å²) in [7, 11) is 1.54. The fourth-order valence-corrected chi connectivity index (χ4v) is 2.05. The fraction of sp³-hybridized carbons (Fsp3) is 0.211. The van der Waals surface area contributed by atoms with Crippen molar-refractivity contribution < 1.29 is 23.0 Å². The number of rotatable bonds is 7. The van der Waals surface area contributed by atoms with Gasteiger partial charge in [0.05, 0.1) is 13.7 Å². The lowest BCUT2D eigenvalue weighted by molar-refractivity contribution is -0.111. The van der Waals surface area contributed by atoms with Gasteiger partial charge in [0.2, 0.25) is 5.91 Å². The van der Waals surface area contributed by atoms with Crippen molar-refractivity contribution in [2.24, 2.45) is 0 Å². The number of halogens is 2. The Hall–Kier alpha value is -2.89. The molecule has 2 aromatic carbocycles. The number of hydrogen-bond donors (Lipinski definition) is 1. The Labute approximate surface area is 145 Å². The highest BCUT2D eigenvalue weighted by Crippen LogP contribution is 2.28. The van der Waals surface area contributed by atoms with Crippen LogP contribution in [0.5, 0.6) is 11.5 Å². The molecule has 25 heavy (non-hydrogen) atoms. The second-order valence-corrected chi connectivity index (χ2v) is 5.21. The van der Waals surface area contributed by atoms with Crippen LogP contribution in [-0.4, -0.2) is 19.6 Å². The Balaban J connectivity index is 2.04. The van der Waals surface area contributed by atoms with E-state index in [-0.39, 0.29) is 5.69 Å². The van der Waals surface area contributed by atoms with Gasteiger partial charge in [-0.2, -0.15) is 0 Å². The predicted molar refractivity (Wildman–Crippen MR) is 92.8 cm³/mol. The van der Waals surface area contributed by atoms with Crippen LogP contribution in [0.3, 0.4) is 0 Å². The number of anilines is 1. The van der Waals surface area contributed by atoms with E-state index in [4.69, 9.17) is 9.47 Å². The van der Waals surface area contributed by atoms with Gasteiger partial charge in [0, 0.05) is 17.8 Å². The summed E-state index contributed by atoms with van der Waals surface area (Å²) in [5.74, 6) is -1.25. The molecule has 0 aliphatic carbocycles. The van der Waals surface area contributed by atoms with Gasteiger partial charge in [0.1, 0.15) is 0 Å². The first-order valence-corrected chi connectivity index (χ1v) is 7.78. The molecular weight excluding hydrogens is 328 g/mol. The first-order valence-electron chi connectivity index (χ1n) is 7.78. The zero-order valence-corrected chi connectivity index (χ0v) is 14.0. The summed E-state index contributed by atoms with van der Waals surface area (Å²) in [6.07, 6.45) is 3.76. The molecule has 6 heteroatoms. The number of carbonyl (C=O) groups excluding carboxylic acids is 1. The average Bonchev–Trinajstić information content (AvgIpc) is 2.61. The molecule has 1 N–H and O–H groups in total. The van der Waals surface area contributed by atoms with E-state index in [1.54, 1.807) is 24.3 Å². The van der Waals surface area contributed by atoms with Gasteiger partial charge in [-0.05, 0) is 42.3 Å². The third-order valence-corrected chi connectivity index (χ3v) is 3.26. The van der Waals surface area contributed by atoms with Gasteiger partial charge in [0.15, 0.2) is 23.1 Å². The minimum absolute atomic E-state index is 0.175. The number of amides is 1. The van der Waals surface area contributed by atoms with E-state index in [0.717, 1.165) is 24.1 Å². The smallest absolute Gasteiger partial charge is 0.248 e. The van der Waals surface area contributed by atoms with Crippen LogP contribution in [0.4, 0.5) is 14.5 Å². The Kier molecular flexibility index (Phi) is 6.51. The van der Waals surface area contributed by atoms with E-state index in [1.807, 2.05) is 6.92 Å². The van der Waals surface area contributed by atoms with E-state index in [9.17, 15) is 13.6 Å². The molecule has 2 aromatic rings. The largest absolute Gasteiger partial charge is 0.493 e. The Morgan fingerprint density at radius 2 is 1.92 bits per heavy atom. The molecule has 0 aromatic heterocycles. The van der Waals surface area contributed by atoms with Gasteiger partial charge in [-0.15, -0.1) is 0 Å². The second-order valence-electron chi connectivity index (χ2n) is 5.21. The zero-order valence-electron chi connectivity index (χ0n) is 14.0. The molecule has 0 aliphatic heterocycles. The molecule has 0 fully saturated rings. The molecule has 0 bridgehead atoms. The van der Waals surface area contributed by atoms with Crippen molar-refractivity contribution in [3.05, 3.63) is 59.7 Å². The topological polar surface area (TPSA) is 47.6 Å². The zero-order chi connectivity index (χ0) is 18.2. The molecule has 2 rings (SSSR count). The number of hydrogen-bond acceptors (Lipinski definition) is 3. The summed E-state index contributed by atoms with van der Waals surface area (Å²) in [5.41, 5.74) is 0.913. The van der Waals surface area contributed by atoms with E-state index < -0.39 is 17.5 Å². The Morgan fingerprint density at radius 1 is 1.12 bits per heavy atom. The summed E-state index contributed by atoms with van der Waals surface area (Å²) < 4.78 is 36.8. The third-order valence-electron chi connectivity index (χ3n) is 3.26. The van der Waals surface area contributed by atoms with Crippen molar-refractivity contribution >= 4 is 17.7 Å². The van der Waals surface area contributed by atoms with Gasteiger partial charge >= 0.3 is 0 Å². The lowest BCUT2D eigenvalue weighted by Gasteiger charge is -2.10. The van der Waals surface area contributed by atoms with E-state index in [1.165, 1.54) is 19.3 Å². The fourth-order valence-electron chi connectivity index (χ4n) is 2.05. The van der Waals surface area contributed by atoms with Crippen LogP contribution in [0.25, 0.3) is 6.08 Å². The molecule has 4 nitrogen and oxygen atoms in total. The summed E-state index contributed by atoms with van der Waals surface area (Å²) in [6.45, 7) is 2.59. The third kappa shape index (κ3) is 5.31. The predicted octanol–water partition coefficient (Wildman–Crippen LogP) is 4.41. The number of methoxy groups -OCH3 is 1. The van der Waals surface area contributed by atoms with Crippen LogP contribution in [0.2, 0.25) is 0 Å². The first-order chi connectivity index (χ1) is 12.0. The van der Waals surface area contributed by atoms with Crippen LogP contribution in [0.15, 0.2) is 42.5 Å². The highest BCUT2D eigenvalue weighted by molar-refractivity contribution is 6.01. The van der Waals surface area contributed by atoms with Gasteiger partial charge < -0.3 is 14.8 Å². The molecule has 0 unspecified atom stereocenters. The van der Waals surface area contributed by atoms with Crippen molar-refractivity contribution in [1.29, 1.82) is 0 Å². The van der Waals surface area contributed by atoms with Crippen LogP contribution in [0, 0.1) is 11.6 Å². The minimum atomic E-state index is -1.02. The highest BCUT2D eigenvalue weighted by Gasteiger charge is 2.06. The van der Waals surface area contributed by atoms with Crippen molar-refractivity contribution in [2.45, 2.75) is 13.3 Å². The normalized spacial score (nSPS) is 10.7. The SMILES string of the molecule is CCCOc1ccc(/C=C/C(=O)Nc2ccc(F)c(F)c2)cc1OC. The Morgan fingerprint density at radius 3 is 2.60 bits per heavy atom. The molecule has 0 aliphatic rings. The summed E-state index contributed by atoms with van der Waals surface area (Å²) in [5, 5.41) is 2.46. The van der Waals surface area contributed by atoms with Crippen LogP contribution < -0.4 is 14.8 Å². The molecule has 0 heterocycles. The van der Waals surface area contributed by atoms with Crippen molar-refractivity contribution in [3.8, 4) is 11.5 Å². The number of nitrogens with one attached hydrogen (secondary N) is 1. The van der Waals surface area contributed by atoms with Crippen LogP contribution >= 0.6 is 0 Å². The van der Waals surface area contributed by atoms with Gasteiger partial charge in [0.25, 0.3) is 0 Å². The van der Waals surface area contributed by atoms with E-state index in [2.05, 4.69) is 5.32 Å². The monoisotopic (exact) mass is 347 g/mol. The molecule has 132 valence electrons. The lowest BCUT2D eigenvalue weighted by atomic mass is 10.2. The van der Waals surface area contributed by atoms with Crippen molar-refractivity contribution in [1.82, 2.24) is 0 Å². The Bertz CT molecular complexity index is 775. The van der Waals surface area contributed by atoms with Crippen LogP contribution in [0.1, 0.15) is 18.9 Å². The number of ether oxygens (including phenoxy) is 2. The summed E-state index contributed by atoms with van der Waals surface area (Å²) in [4.78, 5) is 11.9. The standard InChI is InChI=1S/C19H19F2NO3/c1-3-10-25-17-8-4-13(11-18(17)24-2)5-9-19(23)22-14-6-7-15(20)16(21)12-14/h4-9,11-12H,3,10H2,1-2H3,(H,22,23)/b9-5+. The molecule has 0 atom stereocenters. The van der Waals surface area contributed by atoms with Crippen LogP contribution in [-0.2, 0) is 4.79 Å². The molecular formula is C19H19F2NO3. The average molecular weight is 347 g/mol.